The van der Waals surface area contributed by atoms with Crippen LogP contribution in [0.2, 0.25) is 0 Å². The number of para-hydroxylation sites is 1. The van der Waals surface area contributed by atoms with Gasteiger partial charge in [0.1, 0.15) is 0 Å². The van der Waals surface area contributed by atoms with E-state index in [4.69, 9.17) is 0 Å². The molecule has 1 saturated heterocycles. The van der Waals surface area contributed by atoms with Gasteiger partial charge in [-0.25, -0.2) is 4.79 Å². The summed E-state index contributed by atoms with van der Waals surface area (Å²) in [5.41, 5.74) is 1.40. The monoisotopic (exact) mass is 318 g/mol. The van der Waals surface area contributed by atoms with Gasteiger partial charge in [-0.1, -0.05) is 6.07 Å². The third kappa shape index (κ3) is 3.16. The highest BCUT2D eigenvalue weighted by Gasteiger charge is 2.29. The molecule has 1 aromatic carbocycles. The van der Waals surface area contributed by atoms with Gasteiger partial charge in [0.2, 0.25) is 0 Å². The quantitative estimate of drug-likeness (QED) is 0.763. The van der Waals surface area contributed by atoms with Gasteiger partial charge in [-0.2, -0.15) is 0 Å². The predicted octanol–water partition coefficient (Wildman–Crippen LogP) is 0.383. The second-order valence-corrected chi connectivity index (χ2v) is 6.26. The first-order valence-corrected chi connectivity index (χ1v) is 7.88. The van der Waals surface area contributed by atoms with Gasteiger partial charge in [0.15, 0.2) is 0 Å². The van der Waals surface area contributed by atoms with E-state index in [1.54, 1.807) is 25.1 Å². The van der Waals surface area contributed by atoms with E-state index in [1.165, 1.54) is 0 Å². The summed E-state index contributed by atoms with van der Waals surface area (Å²) in [6.45, 7) is 6.47. The Morgan fingerprint density at radius 1 is 1.39 bits per heavy atom. The Hall–Kier alpha value is -2.12. The second kappa shape index (κ2) is 6.17. The Bertz CT molecular complexity index is 764. The molecular weight excluding hydrogens is 296 g/mol. The molecule has 3 N–H and O–H groups in total. The Morgan fingerprint density at radius 2 is 2.17 bits per heavy atom. The third-order valence-corrected chi connectivity index (χ3v) is 4.28. The van der Waals surface area contributed by atoms with Crippen LogP contribution in [0.4, 0.5) is 0 Å². The molecule has 1 fully saturated rings. The van der Waals surface area contributed by atoms with Crippen molar-refractivity contribution < 1.29 is 9.90 Å². The standard InChI is InChI=1S/C16H22N4O3/c1-10-8-19(9-11(2)21)6-7-20(10)15(22)12-4-3-5-13-14(12)18-16(23)17-13/h3-5,10-11,21H,6-9H2,1-2H3,(H2,17,18,23). The molecule has 0 saturated carbocycles. The van der Waals surface area contributed by atoms with Crippen LogP contribution in [0, 0.1) is 0 Å². The highest BCUT2D eigenvalue weighted by molar-refractivity contribution is 6.04. The molecule has 2 heterocycles. The summed E-state index contributed by atoms with van der Waals surface area (Å²) in [7, 11) is 0. The average molecular weight is 318 g/mol. The lowest BCUT2D eigenvalue weighted by Gasteiger charge is -2.40. The van der Waals surface area contributed by atoms with Gasteiger partial charge in [-0.05, 0) is 26.0 Å². The van der Waals surface area contributed by atoms with Crippen molar-refractivity contribution >= 4 is 16.9 Å². The van der Waals surface area contributed by atoms with Crippen LogP contribution >= 0.6 is 0 Å². The molecule has 2 atom stereocenters. The SMILES string of the molecule is CC(O)CN1CCN(C(=O)c2cccc3[nH]c(=O)[nH]c23)C(C)C1. The lowest BCUT2D eigenvalue weighted by Crippen LogP contribution is -2.55. The van der Waals surface area contributed by atoms with Crippen molar-refractivity contribution in [2.45, 2.75) is 26.0 Å². The minimum absolute atomic E-state index is 0.0518. The number of carbonyl (C=O) groups excluding carboxylic acids is 1. The van der Waals surface area contributed by atoms with Crippen molar-refractivity contribution in [3.63, 3.8) is 0 Å². The van der Waals surface area contributed by atoms with Crippen molar-refractivity contribution in [3.05, 3.63) is 34.2 Å². The number of piperazine rings is 1. The molecule has 1 amide bonds. The smallest absolute Gasteiger partial charge is 0.323 e. The van der Waals surface area contributed by atoms with Crippen molar-refractivity contribution in [2.24, 2.45) is 0 Å². The van der Waals surface area contributed by atoms with Crippen LogP contribution in [0.15, 0.2) is 23.0 Å². The first-order chi connectivity index (χ1) is 11.0. The Morgan fingerprint density at radius 3 is 2.87 bits per heavy atom. The molecule has 124 valence electrons. The van der Waals surface area contributed by atoms with Crippen LogP contribution < -0.4 is 5.69 Å². The number of fused-ring (bicyclic) bond motifs is 1. The van der Waals surface area contributed by atoms with Gasteiger partial charge in [0.05, 0.1) is 22.7 Å². The van der Waals surface area contributed by atoms with Crippen LogP contribution in [0.3, 0.4) is 0 Å². The maximum Gasteiger partial charge on any atom is 0.323 e. The molecule has 2 unspecified atom stereocenters. The van der Waals surface area contributed by atoms with Crippen LogP contribution in [-0.4, -0.2) is 69.1 Å². The number of carbonyl (C=O) groups is 1. The molecule has 0 bridgehead atoms. The minimum atomic E-state index is -0.372. The molecular formula is C16H22N4O3. The molecule has 0 spiro atoms. The van der Waals surface area contributed by atoms with E-state index in [9.17, 15) is 14.7 Å². The maximum absolute atomic E-state index is 12.9. The van der Waals surface area contributed by atoms with Crippen molar-refractivity contribution in [1.82, 2.24) is 19.8 Å². The van der Waals surface area contributed by atoms with E-state index in [0.717, 1.165) is 13.1 Å². The molecule has 2 aromatic rings. The predicted molar refractivity (Wildman–Crippen MR) is 87.5 cm³/mol. The largest absolute Gasteiger partial charge is 0.392 e. The molecule has 0 radical (unpaired) electrons. The lowest BCUT2D eigenvalue weighted by molar-refractivity contribution is 0.0384. The summed E-state index contributed by atoms with van der Waals surface area (Å²) in [5.74, 6) is -0.0740. The number of aliphatic hydroxyl groups is 1. The number of imidazole rings is 1. The fraction of sp³-hybridized carbons (Fsp3) is 0.500. The zero-order valence-electron chi connectivity index (χ0n) is 13.4. The van der Waals surface area contributed by atoms with Crippen molar-refractivity contribution in [2.75, 3.05) is 26.2 Å². The zero-order valence-corrected chi connectivity index (χ0v) is 13.4. The second-order valence-electron chi connectivity index (χ2n) is 6.26. The Balaban J connectivity index is 1.81. The number of nitrogens with one attached hydrogen (secondary N) is 2. The molecule has 1 aromatic heterocycles. The number of aromatic amines is 2. The summed E-state index contributed by atoms with van der Waals surface area (Å²) in [6, 6.07) is 5.33. The van der Waals surface area contributed by atoms with E-state index < -0.39 is 0 Å². The van der Waals surface area contributed by atoms with Crippen LogP contribution in [-0.2, 0) is 0 Å². The zero-order chi connectivity index (χ0) is 16.6. The molecule has 3 rings (SSSR count). The molecule has 1 aliphatic rings. The van der Waals surface area contributed by atoms with Crippen molar-refractivity contribution in [3.8, 4) is 0 Å². The summed E-state index contributed by atoms with van der Waals surface area (Å²) >= 11 is 0. The minimum Gasteiger partial charge on any atom is -0.392 e. The summed E-state index contributed by atoms with van der Waals surface area (Å²) in [6.07, 6.45) is -0.372. The van der Waals surface area contributed by atoms with Gasteiger partial charge in [0, 0.05) is 32.2 Å². The normalized spacial score (nSPS) is 20.8. The number of aliphatic hydroxyl groups excluding tert-OH is 1. The van der Waals surface area contributed by atoms with Crippen molar-refractivity contribution in [1.29, 1.82) is 0 Å². The van der Waals surface area contributed by atoms with Gasteiger partial charge >= 0.3 is 5.69 Å². The number of nitrogens with zero attached hydrogens (tertiary/aromatic N) is 2. The number of H-pyrrole nitrogens is 2. The number of hydrogen-bond donors (Lipinski definition) is 3. The van der Waals surface area contributed by atoms with Gasteiger partial charge in [-0.3, -0.25) is 9.69 Å². The summed E-state index contributed by atoms with van der Waals surface area (Å²) < 4.78 is 0. The van der Waals surface area contributed by atoms with E-state index >= 15 is 0 Å². The lowest BCUT2D eigenvalue weighted by atomic mass is 10.1. The average Bonchev–Trinajstić information content (AvgIpc) is 2.86. The van der Waals surface area contributed by atoms with Crippen LogP contribution in [0.25, 0.3) is 11.0 Å². The Labute approximate surface area is 133 Å². The number of benzene rings is 1. The third-order valence-electron chi connectivity index (χ3n) is 4.28. The molecule has 1 aliphatic heterocycles. The highest BCUT2D eigenvalue weighted by atomic mass is 16.3. The van der Waals surface area contributed by atoms with E-state index in [-0.39, 0.29) is 23.7 Å². The molecule has 23 heavy (non-hydrogen) atoms. The van der Waals surface area contributed by atoms with E-state index in [0.29, 0.717) is 29.7 Å². The summed E-state index contributed by atoms with van der Waals surface area (Å²) in [5, 5.41) is 9.51. The summed E-state index contributed by atoms with van der Waals surface area (Å²) in [4.78, 5) is 33.7. The maximum atomic E-state index is 12.9. The van der Waals surface area contributed by atoms with E-state index in [2.05, 4.69) is 14.9 Å². The van der Waals surface area contributed by atoms with Gasteiger partial charge in [-0.15, -0.1) is 0 Å². The fourth-order valence-electron chi connectivity index (χ4n) is 3.27. The van der Waals surface area contributed by atoms with Gasteiger partial charge in [0.25, 0.3) is 5.91 Å². The first-order valence-electron chi connectivity index (χ1n) is 7.88. The van der Waals surface area contributed by atoms with E-state index in [1.807, 2.05) is 11.8 Å². The topological polar surface area (TPSA) is 92.4 Å². The number of amides is 1. The van der Waals surface area contributed by atoms with Crippen LogP contribution in [0.1, 0.15) is 24.2 Å². The highest BCUT2D eigenvalue weighted by Crippen LogP contribution is 2.19. The molecule has 7 heteroatoms. The number of hydrogen-bond acceptors (Lipinski definition) is 4. The molecule has 0 aliphatic carbocycles. The molecule has 7 nitrogen and oxygen atoms in total. The fourth-order valence-corrected chi connectivity index (χ4v) is 3.27. The number of aromatic nitrogens is 2. The van der Waals surface area contributed by atoms with Gasteiger partial charge < -0.3 is 20.0 Å². The number of rotatable bonds is 3. The number of β-amino-alcohol motifs (C(OH)–C–C–N with tert-alkyl or cyclic N) is 1. The van der Waals surface area contributed by atoms with Crippen LogP contribution in [0.5, 0.6) is 0 Å². The first kappa shape index (κ1) is 15.8. The Kier molecular flexibility index (Phi) is 4.23.